The van der Waals surface area contributed by atoms with Gasteiger partial charge in [0.25, 0.3) is 5.91 Å². The van der Waals surface area contributed by atoms with Gasteiger partial charge in [-0.25, -0.2) is 13.6 Å². The largest absolute Gasteiger partial charge is 0.504 e. The van der Waals surface area contributed by atoms with E-state index in [2.05, 4.69) is 5.32 Å². The Morgan fingerprint density at radius 1 is 1.10 bits per heavy atom. The number of nitrogens with one attached hydrogen (secondary N) is 1. The molecule has 0 spiro atoms. The molecule has 0 bridgehead atoms. The number of methoxy groups -OCH3 is 1. The molecule has 1 unspecified atom stereocenters. The fourth-order valence-corrected chi connectivity index (χ4v) is 3.28. The number of rotatable bonds is 10. The number of phenols is 1. The molecule has 9 nitrogen and oxygen atoms in total. The van der Waals surface area contributed by atoms with Crippen molar-refractivity contribution in [3.05, 3.63) is 53.6 Å². The van der Waals surface area contributed by atoms with E-state index in [1.807, 2.05) is 0 Å². The number of esters is 1. The second-order valence-electron chi connectivity index (χ2n) is 6.87. The average molecular weight is 451 g/mol. The first-order chi connectivity index (χ1) is 14.6. The SMILES string of the molecule is COc1ccc(CCC(=O)OC(C)C(=O)NCCc2ccc(S(N)(=O)=O)cc2)cc1O. The van der Waals surface area contributed by atoms with Crippen molar-refractivity contribution < 1.29 is 32.6 Å². The smallest absolute Gasteiger partial charge is 0.306 e. The number of nitrogens with two attached hydrogens (primary N) is 1. The summed E-state index contributed by atoms with van der Waals surface area (Å²) in [5.41, 5.74) is 1.56. The molecule has 0 aliphatic heterocycles. The first kappa shape index (κ1) is 24.2. The Bertz CT molecular complexity index is 1020. The number of hydrogen-bond acceptors (Lipinski definition) is 7. The molecule has 2 aromatic carbocycles. The van der Waals surface area contributed by atoms with Gasteiger partial charge in [0.2, 0.25) is 10.0 Å². The molecule has 0 aliphatic rings. The first-order valence-electron chi connectivity index (χ1n) is 9.55. The third kappa shape index (κ3) is 7.58. The lowest BCUT2D eigenvalue weighted by atomic mass is 10.1. The molecule has 4 N–H and O–H groups in total. The predicted octanol–water partition coefficient (Wildman–Crippen LogP) is 1.27. The molecule has 1 amide bonds. The monoisotopic (exact) mass is 450 g/mol. The van der Waals surface area contributed by atoms with Crippen LogP contribution in [0.1, 0.15) is 24.5 Å². The number of phenolic OH excluding ortho intramolecular Hbond substituents is 1. The van der Waals surface area contributed by atoms with Crippen molar-refractivity contribution in [3.63, 3.8) is 0 Å². The minimum atomic E-state index is -3.74. The maximum atomic E-state index is 12.1. The lowest BCUT2D eigenvalue weighted by Gasteiger charge is -2.14. The Morgan fingerprint density at radius 2 is 1.74 bits per heavy atom. The summed E-state index contributed by atoms with van der Waals surface area (Å²) in [5, 5.41) is 17.5. The molecule has 2 rings (SSSR count). The number of carbonyl (C=O) groups is 2. The van der Waals surface area contributed by atoms with Gasteiger partial charge in [-0.05, 0) is 55.2 Å². The maximum Gasteiger partial charge on any atom is 0.306 e. The number of primary sulfonamides is 1. The average Bonchev–Trinajstić information content (AvgIpc) is 2.72. The second kappa shape index (κ2) is 10.8. The lowest BCUT2D eigenvalue weighted by Crippen LogP contribution is -2.36. The standard InChI is InChI=1S/C21H26N2O7S/c1-14(30-20(25)10-6-16-5-9-19(29-2)18(24)13-16)21(26)23-12-11-15-3-7-17(8-4-15)31(22,27)28/h3-5,7-9,13-14,24H,6,10-12H2,1-2H3,(H,23,26)(H2,22,27,28). The Kier molecular flexibility index (Phi) is 8.40. The van der Waals surface area contributed by atoms with E-state index in [-0.39, 0.29) is 17.1 Å². The van der Waals surface area contributed by atoms with Crippen molar-refractivity contribution >= 4 is 21.9 Å². The Hall–Kier alpha value is -3.11. The van der Waals surface area contributed by atoms with Crippen molar-refractivity contribution in [2.75, 3.05) is 13.7 Å². The van der Waals surface area contributed by atoms with Crippen LogP contribution in [0.3, 0.4) is 0 Å². The topological polar surface area (TPSA) is 145 Å². The molecule has 0 saturated carbocycles. The van der Waals surface area contributed by atoms with E-state index in [1.54, 1.807) is 24.3 Å². The summed E-state index contributed by atoms with van der Waals surface area (Å²) in [5.74, 6) is -0.634. The van der Waals surface area contributed by atoms with Crippen molar-refractivity contribution in [1.29, 1.82) is 0 Å². The summed E-state index contributed by atoms with van der Waals surface area (Å²) in [6.07, 6.45) is -0.0846. The van der Waals surface area contributed by atoms with Crippen LogP contribution in [0.2, 0.25) is 0 Å². The molecule has 0 radical (unpaired) electrons. The van der Waals surface area contributed by atoms with Gasteiger partial charge in [-0.2, -0.15) is 0 Å². The Morgan fingerprint density at radius 3 is 2.32 bits per heavy atom. The number of aromatic hydroxyl groups is 1. The fourth-order valence-electron chi connectivity index (χ4n) is 2.77. The van der Waals surface area contributed by atoms with Gasteiger partial charge in [0.15, 0.2) is 17.6 Å². The third-order valence-corrected chi connectivity index (χ3v) is 5.43. The van der Waals surface area contributed by atoms with Crippen LogP contribution in [0.25, 0.3) is 0 Å². The molecule has 1 atom stereocenters. The predicted molar refractivity (Wildman–Crippen MR) is 113 cm³/mol. The molecular formula is C21H26N2O7S. The first-order valence-corrected chi connectivity index (χ1v) is 11.1. The molecule has 0 fully saturated rings. The minimum Gasteiger partial charge on any atom is -0.504 e. The highest BCUT2D eigenvalue weighted by atomic mass is 32.2. The van der Waals surface area contributed by atoms with E-state index in [1.165, 1.54) is 32.2 Å². The van der Waals surface area contributed by atoms with Crippen LogP contribution in [0, 0.1) is 0 Å². The Balaban J connectivity index is 1.73. The Labute approximate surface area is 181 Å². The highest BCUT2D eigenvalue weighted by Crippen LogP contribution is 2.26. The zero-order chi connectivity index (χ0) is 23.0. The van der Waals surface area contributed by atoms with E-state index in [0.717, 1.165) is 11.1 Å². The number of aryl methyl sites for hydroxylation is 1. The number of amides is 1. The van der Waals surface area contributed by atoms with Crippen LogP contribution in [0.5, 0.6) is 11.5 Å². The van der Waals surface area contributed by atoms with Crippen molar-refractivity contribution in [2.24, 2.45) is 5.14 Å². The van der Waals surface area contributed by atoms with Gasteiger partial charge in [0.1, 0.15) is 0 Å². The molecular weight excluding hydrogens is 424 g/mol. The van der Waals surface area contributed by atoms with Crippen LogP contribution in [-0.4, -0.2) is 45.2 Å². The van der Waals surface area contributed by atoms with E-state index in [9.17, 15) is 23.1 Å². The van der Waals surface area contributed by atoms with Gasteiger partial charge < -0.3 is 19.9 Å². The van der Waals surface area contributed by atoms with Crippen molar-refractivity contribution in [1.82, 2.24) is 5.32 Å². The quantitative estimate of drug-likeness (QED) is 0.462. The van der Waals surface area contributed by atoms with Gasteiger partial charge >= 0.3 is 5.97 Å². The molecule has 2 aromatic rings. The van der Waals surface area contributed by atoms with Gasteiger partial charge in [0, 0.05) is 13.0 Å². The van der Waals surface area contributed by atoms with Crippen LogP contribution < -0.4 is 15.2 Å². The van der Waals surface area contributed by atoms with Crippen molar-refractivity contribution in [3.8, 4) is 11.5 Å². The van der Waals surface area contributed by atoms with Gasteiger partial charge in [-0.3, -0.25) is 9.59 Å². The van der Waals surface area contributed by atoms with E-state index in [0.29, 0.717) is 25.1 Å². The van der Waals surface area contributed by atoms with Gasteiger partial charge in [-0.15, -0.1) is 0 Å². The van der Waals surface area contributed by atoms with E-state index >= 15 is 0 Å². The molecule has 31 heavy (non-hydrogen) atoms. The fraction of sp³-hybridized carbons (Fsp3) is 0.333. The number of benzene rings is 2. The molecule has 10 heteroatoms. The zero-order valence-electron chi connectivity index (χ0n) is 17.3. The van der Waals surface area contributed by atoms with Gasteiger partial charge in [0.05, 0.1) is 12.0 Å². The summed E-state index contributed by atoms with van der Waals surface area (Å²) in [7, 11) is -2.29. The highest BCUT2D eigenvalue weighted by molar-refractivity contribution is 7.89. The van der Waals surface area contributed by atoms with Crippen LogP contribution in [0.15, 0.2) is 47.4 Å². The van der Waals surface area contributed by atoms with Crippen LogP contribution >= 0.6 is 0 Å². The summed E-state index contributed by atoms with van der Waals surface area (Å²) in [6.45, 7) is 1.77. The molecule has 168 valence electrons. The third-order valence-electron chi connectivity index (χ3n) is 4.50. The van der Waals surface area contributed by atoms with Crippen LogP contribution in [0.4, 0.5) is 0 Å². The van der Waals surface area contributed by atoms with E-state index in [4.69, 9.17) is 14.6 Å². The van der Waals surface area contributed by atoms with Crippen molar-refractivity contribution in [2.45, 2.75) is 37.2 Å². The minimum absolute atomic E-state index is 0.0135. The summed E-state index contributed by atoms with van der Waals surface area (Å²) in [4.78, 5) is 24.1. The number of hydrogen-bond donors (Lipinski definition) is 3. The second-order valence-corrected chi connectivity index (χ2v) is 8.43. The number of ether oxygens (including phenoxy) is 2. The maximum absolute atomic E-state index is 12.1. The van der Waals surface area contributed by atoms with Gasteiger partial charge in [-0.1, -0.05) is 18.2 Å². The molecule has 0 saturated heterocycles. The highest BCUT2D eigenvalue weighted by Gasteiger charge is 2.17. The lowest BCUT2D eigenvalue weighted by molar-refractivity contribution is -0.154. The van der Waals surface area contributed by atoms with Crippen LogP contribution in [-0.2, 0) is 37.2 Å². The molecule has 0 aromatic heterocycles. The zero-order valence-corrected chi connectivity index (χ0v) is 18.1. The molecule has 0 aliphatic carbocycles. The summed E-state index contributed by atoms with van der Waals surface area (Å²) < 4.78 is 32.6. The molecule has 0 heterocycles. The van der Waals surface area contributed by atoms with E-state index < -0.39 is 28.0 Å². The summed E-state index contributed by atoms with van der Waals surface area (Å²) in [6, 6.07) is 10.9. The number of carbonyl (C=O) groups excluding carboxylic acids is 2. The normalized spacial score (nSPS) is 12.1. The number of sulfonamides is 1. The summed E-state index contributed by atoms with van der Waals surface area (Å²) >= 11 is 0.